The monoisotopic (exact) mass is 526 g/mol. The lowest BCUT2D eigenvalue weighted by molar-refractivity contribution is -0.462. The molecule has 0 aliphatic rings. The topological polar surface area (TPSA) is 55.3 Å². The van der Waals surface area contributed by atoms with Crippen molar-refractivity contribution >= 4 is 8.60 Å². The van der Waals surface area contributed by atoms with Crippen molar-refractivity contribution in [1.82, 2.24) is 0 Å². The molecule has 0 unspecified atom stereocenters. The second kappa shape index (κ2) is 8.16. The summed E-state index contributed by atoms with van der Waals surface area (Å²) in [5.74, 6) is -57.0. The molecular formula is C10H4F17O3P-2. The molecule has 0 aliphatic heterocycles. The second-order valence-electron chi connectivity index (χ2n) is 5.46. The Labute approximate surface area is 159 Å². The summed E-state index contributed by atoms with van der Waals surface area (Å²) in [6.45, 7) is -2.18. The summed E-state index contributed by atoms with van der Waals surface area (Å²) in [5.41, 5.74) is 0. The number of hydrogen-bond donors (Lipinski definition) is 0. The van der Waals surface area contributed by atoms with Gasteiger partial charge in [-0.2, -0.15) is 83.2 Å². The van der Waals surface area contributed by atoms with Gasteiger partial charge in [0, 0.05) is 6.42 Å². The first-order chi connectivity index (χ1) is 13.2. The number of rotatable bonds is 10. The van der Waals surface area contributed by atoms with Gasteiger partial charge >= 0.3 is 47.6 Å². The Kier molecular flexibility index (Phi) is 7.93. The van der Waals surface area contributed by atoms with Crippen molar-refractivity contribution in [3.63, 3.8) is 0 Å². The Morgan fingerprint density at radius 1 is 0.484 bits per heavy atom. The highest BCUT2D eigenvalue weighted by atomic mass is 31.2. The Morgan fingerprint density at radius 3 is 1.06 bits per heavy atom. The van der Waals surface area contributed by atoms with Crippen LogP contribution in [0.25, 0.3) is 0 Å². The number of halogens is 17. The standard InChI is InChI=1S/C10H4F17O3P/c11-3(12,1-2-30-31(28)29)4(13,14)5(15,16)6(17,18)7(19,20)8(21,22)9(23,24)10(25,26)27/h1-2H2/q-2. The van der Waals surface area contributed by atoms with Gasteiger partial charge in [-0.05, 0) is 0 Å². The summed E-state index contributed by atoms with van der Waals surface area (Å²) >= 11 is 0. The minimum absolute atomic E-state index is 2.18. The van der Waals surface area contributed by atoms with Crippen LogP contribution in [0.15, 0.2) is 0 Å². The van der Waals surface area contributed by atoms with E-state index in [2.05, 4.69) is 4.52 Å². The molecule has 0 aliphatic carbocycles. The van der Waals surface area contributed by atoms with Crippen molar-refractivity contribution in [2.24, 2.45) is 0 Å². The van der Waals surface area contributed by atoms with E-state index in [1.165, 1.54) is 0 Å². The van der Waals surface area contributed by atoms with Gasteiger partial charge in [-0.15, -0.1) is 0 Å². The van der Waals surface area contributed by atoms with Crippen LogP contribution in [-0.2, 0) is 4.52 Å². The average Bonchev–Trinajstić information content (AvgIpc) is 2.51. The largest absolute Gasteiger partial charge is 0.820 e. The summed E-state index contributed by atoms with van der Waals surface area (Å²) in [7, 11) is -4.12. The third-order valence-electron chi connectivity index (χ3n) is 3.40. The smallest absolute Gasteiger partial charge is 0.460 e. The summed E-state index contributed by atoms with van der Waals surface area (Å²) < 4.78 is 222. The molecule has 0 aromatic heterocycles. The average molecular weight is 526 g/mol. The zero-order chi connectivity index (χ0) is 25.7. The Morgan fingerprint density at radius 2 is 0.774 bits per heavy atom. The highest BCUT2D eigenvalue weighted by Crippen LogP contribution is 2.64. The van der Waals surface area contributed by atoms with E-state index < -0.39 is 69.3 Å². The summed E-state index contributed by atoms with van der Waals surface area (Å²) in [4.78, 5) is 19.8. The number of hydrogen-bond acceptors (Lipinski definition) is 3. The van der Waals surface area contributed by atoms with E-state index in [0.29, 0.717) is 0 Å². The molecule has 0 bridgehead atoms. The van der Waals surface area contributed by atoms with Gasteiger partial charge in [-0.25, -0.2) is 0 Å². The van der Waals surface area contributed by atoms with Gasteiger partial charge in [0.2, 0.25) is 0 Å². The van der Waals surface area contributed by atoms with Crippen LogP contribution in [0.3, 0.4) is 0 Å². The molecule has 0 atom stereocenters. The van der Waals surface area contributed by atoms with Crippen molar-refractivity contribution < 1.29 is 88.9 Å². The van der Waals surface area contributed by atoms with Gasteiger partial charge in [0.05, 0.1) is 6.61 Å². The maximum absolute atomic E-state index is 13.3. The minimum atomic E-state index is -8.70. The van der Waals surface area contributed by atoms with Crippen LogP contribution in [0, 0.1) is 0 Å². The summed E-state index contributed by atoms with van der Waals surface area (Å²) in [6.07, 6.45) is -10.8. The highest BCUT2D eigenvalue weighted by molar-refractivity contribution is 7.36. The molecule has 3 nitrogen and oxygen atoms in total. The first-order valence-electron chi connectivity index (χ1n) is 6.65. The summed E-state index contributed by atoms with van der Waals surface area (Å²) in [5, 5.41) is 0. The van der Waals surface area contributed by atoms with E-state index in [0.717, 1.165) is 0 Å². The van der Waals surface area contributed by atoms with E-state index in [1.54, 1.807) is 0 Å². The Balaban J connectivity index is 6.43. The first-order valence-corrected chi connectivity index (χ1v) is 7.75. The quantitative estimate of drug-likeness (QED) is 0.315. The van der Waals surface area contributed by atoms with Crippen molar-refractivity contribution in [2.45, 2.75) is 54.1 Å². The first kappa shape index (κ1) is 30.1. The molecule has 0 saturated heterocycles. The normalized spacial score (nSPS) is 16.3. The molecule has 0 N–H and O–H groups in total. The fraction of sp³-hybridized carbons (Fsp3) is 1.00. The molecule has 188 valence electrons. The van der Waals surface area contributed by atoms with E-state index in [4.69, 9.17) is 0 Å². The fourth-order valence-electron chi connectivity index (χ4n) is 1.60. The van der Waals surface area contributed by atoms with Crippen LogP contribution in [-0.4, -0.2) is 54.2 Å². The predicted octanol–water partition coefficient (Wildman–Crippen LogP) is 4.35. The molecule has 0 rings (SSSR count). The molecule has 0 aromatic rings. The van der Waals surface area contributed by atoms with Crippen molar-refractivity contribution in [2.75, 3.05) is 6.61 Å². The van der Waals surface area contributed by atoms with Gasteiger partial charge in [0.25, 0.3) is 0 Å². The predicted molar refractivity (Wildman–Crippen MR) is 58.2 cm³/mol. The Bertz CT molecular complexity index is 628. The van der Waals surface area contributed by atoms with E-state index in [9.17, 15) is 84.4 Å². The lowest BCUT2D eigenvalue weighted by atomic mass is 9.88. The van der Waals surface area contributed by atoms with Crippen LogP contribution in [0.5, 0.6) is 0 Å². The molecule has 0 amide bonds. The highest BCUT2D eigenvalue weighted by Gasteiger charge is 2.95. The van der Waals surface area contributed by atoms with Crippen LogP contribution in [0.2, 0.25) is 0 Å². The Hall–Kier alpha value is -0.880. The third-order valence-corrected chi connectivity index (χ3v) is 3.79. The van der Waals surface area contributed by atoms with E-state index >= 15 is 0 Å². The number of alkyl halides is 17. The second-order valence-corrected chi connectivity index (χ2v) is 6.16. The van der Waals surface area contributed by atoms with Crippen molar-refractivity contribution in [3.8, 4) is 0 Å². The molecule has 0 aromatic carbocycles. The molecule has 31 heavy (non-hydrogen) atoms. The molecule has 0 spiro atoms. The molecule has 0 heterocycles. The lowest BCUT2D eigenvalue weighted by Crippen LogP contribution is -2.74. The zero-order valence-electron chi connectivity index (χ0n) is 13.5. The van der Waals surface area contributed by atoms with Crippen LogP contribution in [0.1, 0.15) is 6.42 Å². The maximum atomic E-state index is 13.3. The van der Waals surface area contributed by atoms with E-state index in [-0.39, 0.29) is 0 Å². The van der Waals surface area contributed by atoms with Gasteiger partial charge in [0.15, 0.2) is 0 Å². The SMILES string of the molecule is [O-]P([O-])OCCC(F)(F)C(F)(F)C(F)(F)C(F)(F)C(F)(F)C(F)(F)C(F)(F)C(F)(F)F. The summed E-state index contributed by atoms with van der Waals surface area (Å²) in [6, 6.07) is 0. The molecular weight excluding hydrogens is 522 g/mol. The van der Waals surface area contributed by atoms with Gasteiger partial charge in [0.1, 0.15) is 0 Å². The van der Waals surface area contributed by atoms with Gasteiger partial charge in [-0.3, -0.25) is 0 Å². The van der Waals surface area contributed by atoms with Crippen LogP contribution in [0.4, 0.5) is 74.6 Å². The molecule has 0 saturated carbocycles. The van der Waals surface area contributed by atoms with Crippen LogP contribution < -0.4 is 9.79 Å². The third kappa shape index (κ3) is 4.48. The van der Waals surface area contributed by atoms with Gasteiger partial charge < -0.3 is 14.3 Å². The molecule has 21 heteroatoms. The molecule has 0 fully saturated rings. The zero-order valence-corrected chi connectivity index (χ0v) is 14.4. The minimum Gasteiger partial charge on any atom is -0.820 e. The van der Waals surface area contributed by atoms with E-state index in [1.807, 2.05) is 0 Å². The van der Waals surface area contributed by atoms with Gasteiger partial charge in [-0.1, -0.05) is 0 Å². The van der Waals surface area contributed by atoms with Crippen LogP contribution >= 0.6 is 8.60 Å². The maximum Gasteiger partial charge on any atom is 0.460 e. The van der Waals surface area contributed by atoms with Crippen molar-refractivity contribution in [3.05, 3.63) is 0 Å². The van der Waals surface area contributed by atoms with Crippen molar-refractivity contribution in [1.29, 1.82) is 0 Å². The lowest BCUT2D eigenvalue weighted by Gasteiger charge is -2.43. The fourth-order valence-corrected chi connectivity index (χ4v) is 1.84. The molecule has 0 radical (unpaired) electrons.